The lowest BCUT2D eigenvalue weighted by atomic mass is 10.1. The zero-order chi connectivity index (χ0) is 19.2. The quantitative estimate of drug-likeness (QED) is 0.583. The van der Waals surface area contributed by atoms with Crippen LogP contribution in [0.5, 0.6) is 0 Å². The topological polar surface area (TPSA) is 80.5 Å². The Morgan fingerprint density at radius 3 is 2.70 bits per heavy atom. The van der Waals surface area contributed by atoms with Crippen molar-refractivity contribution >= 4 is 22.9 Å². The van der Waals surface area contributed by atoms with Gasteiger partial charge in [-0.15, -0.1) is 0 Å². The molecule has 144 valence electrons. The summed E-state index contributed by atoms with van der Waals surface area (Å²) < 4.78 is 2.08. The summed E-state index contributed by atoms with van der Waals surface area (Å²) in [7, 11) is 0. The van der Waals surface area contributed by atoms with Crippen molar-refractivity contribution in [3.63, 3.8) is 0 Å². The maximum Gasteiger partial charge on any atom is 0.227 e. The van der Waals surface area contributed by atoms with Crippen LogP contribution < -0.4 is 10.6 Å². The highest BCUT2D eigenvalue weighted by Gasteiger charge is 2.16. The molecule has 0 aromatic carbocycles. The Kier molecular flexibility index (Phi) is 6.21. The molecule has 2 N–H and O–H groups in total. The molecule has 0 fully saturated rings. The fourth-order valence-electron chi connectivity index (χ4n) is 3.08. The Hall–Kier alpha value is -2.70. The summed E-state index contributed by atoms with van der Waals surface area (Å²) in [5, 5.41) is 6.91. The molecule has 7 nitrogen and oxygen atoms in total. The van der Waals surface area contributed by atoms with E-state index < -0.39 is 0 Å². The number of fused-ring (bicyclic) bond motifs is 1. The van der Waals surface area contributed by atoms with Gasteiger partial charge in [-0.1, -0.05) is 26.3 Å². The summed E-state index contributed by atoms with van der Waals surface area (Å²) in [6.07, 6.45) is 8.73. The SMILES string of the molecule is CCC[C@H](CC)Nc1nc(NCc2cccnc2)c2ncn(C(C)C)c2n1. The van der Waals surface area contributed by atoms with E-state index in [1.165, 1.54) is 0 Å². The van der Waals surface area contributed by atoms with Gasteiger partial charge in [0.15, 0.2) is 17.0 Å². The standard InChI is InChI=1S/C20H29N7/c1-5-8-16(6-2)24-20-25-18(22-12-15-9-7-10-21-11-15)17-19(26-20)27(13-23-17)14(3)4/h7,9-11,13-14,16H,5-6,8,12H2,1-4H3,(H2,22,24,25,26)/t16-/m0/s1. The highest BCUT2D eigenvalue weighted by atomic mass is 15.2. The first kappa shape index (κ1) is 19.1. The number of aromatic nitrogens is 5. The number of nitrogens with zero attached hydrogens (tertiary/aromatic N) is 5. The van der Waals surface area contributed by atoms with Gasteiger partial charge in [-0.3, -0.25) is 4.98 Å². The van der Waals surface area contributed by atoms with E-state index in [-0.39, 0.29) is 6.04 Å². The monoisotopic (exact) mass is 367 g/mol. The zero-order valence-corrected chi connectivity index (χ0v) is 16.6. The van der Waals surface area contributed by atoms with E-state index in [9.17, 15) is 0 Å². The lowest BCUT2D eigenvalue weighted by molar-refractivity contribution is 0.608. The van der Waals surface area contributed by atoms with E-state index >= 15 is 0 Å². The number of nitrogens with one attached hydrogen (secondary N) is 2. The fourth-order valence-corrected chi connectivity index (χ4v) is 3.08. The van der Waals surface area contributed by atoms with Gasteiger partial charge in [0.05, 0.1) is 6.33 Å². The molecule has 3 aromatic rings. The van der Waals surface area contributed by atoms with Gasteiger partial charge >= 0.3 is 0 Å². The Bertz CT molecular complexity index is 857. The van der Waals surface area contributed by atoms with Crippen molar-refractivity contribution < 1.29 is 0 Å². The minimum Gasteiger partial charge on any atom is -0.364 e. The van der Waals surface area contributed by atoms with Gasteiger partial charge in [-0.05, 0) is 38.3 Å². The molecule has 0 unspecified atom stereocenters. The Morgan fingerprint density at radius 2 is 2.04 bits per heavy atom. The highest BCUT2D eigenvalue weighted by Crippen LogP contribution is 2.24. The minimum atomic E-state index is 0.279. The average molecular weight is 368 g/mol. The van der Waals surface area contributed by atoms with Gasteiger partial charge in [0.2, 0.25) is 5.95 Å². The fraction of sp³-hybridized carbons (Fsp3) is 0.500. The van der Waals surface area contributed by atoms with Crippen LogP contribution in [0.3, 0.4) is 0 Å². The predicted molar refractivity (Wildman–Crippen MR) is 110 cm³/mol. The normalized spacial score (nSPS) is 12.5. The van der Waals surface area contributed by atoms with Crippen LogP contribution in [0.2, 0.25) is 0 Å². The lowest BCUT2D eigenvalue weighted by Crippen LogP contribution is -2.20. The number of anilines is 2. The van der Waals surface area contributed by atoms with Crippen LogP contribution in [-0.2, 0) is 6.54 Å². The summed E-state index contributed by atoms with van der Waals surface area (Å²) in [4.78, 5) is 18.2. The molecule has 3 rings (SSSR count). The molecule has 0 spiro atoms. The molecule has 0 aliphatic rings. The molecule has 0 saturated carbocycles. The molecular weight excluding hydrogens is 338 g/mol. The van der Waals surface area contributed by atoms with Crippen LogP contribution in [0.15, 0.2) is 30.9 Å². The minimum absolute atomic E-state index is 0.279. The molecule has 3 heterocycles. The average Bonchev–Trinajstić information content (AvgIpc) is 3.11. The largest absolute Gasteiger partial charge is 0.364 e. The van der Waals surface area contributed by atoms with Crippen molar-refractivity contribution in [2.45, 2.75) is 65.6 Å². The third-order valence-corrected chi connectivity index (χ3v) is 4.62. The molecule has 1 atom stereocenters. The van der Waals surface area contributed by atoms with Crippen molar-refractivity contribution in [3.8, 4) is 0 Å². The van der Waals surface area contributed by atoms with Gasteiger partial charge in [0.25, 0.3) is 0 Å². The third kappa shape index (κ3) is 4.53. The van der Waals surface area contributed by atoms with Crippen molar-refractivity contribution in [2.75, 3.05) is 10.6 Å². The second-order valence-corrected chi connectivity index (χ2v) is 7.07. The summed E-state index contributed by atoms with van der Waals surface area (Å²) in [6.45, 7) is 9.28. The molecule has 7 heteroatoms. The van der Waals surface area contributed by atoms with E-state index in [1.807, 2.05) is 24.7 Å². The molecule has 0 radical (unpaired) electrons. The Balaban J connectivity index is 1.94. The number of hydrogen-bond donors (Lipinski definition) is 2. The van der Waals surface area contributed by atoms with Crippen LogP contribution >= 0.6 is 0 Å². The van der Waals surface area contributed by atoms with E-state index in [2.05, 4.69) is 52.9 Å². The van der Waals surface area contributed by atoms with Crippen molar-refractivity contribution in [1.29, 1.82) is 0 Å². The molecule has 0 saturated heterocycles. The molecule has 0 amide bonds. The lowest BCUT2D eigenvalue weighted by Gasteiger charge is -2.17. The van der Waals surface area contributed by atoms with E-state index in [0.717, 1.165) is 41.8 Å². The zero-order valence-electron chi connectivity index (χ0n) is 16.6. The summed E-state index contributed by atoms with van der Waals surface area (Å²) in [5.41, 5.74) is 2.74. The van der Waals surface area contributed by atoms with E-state index in [0.29, 0.717) is 18.5 Å². The molecule has 27 heavy (non-hydrogen) atoms. The van der Waals surface area contributed by atoms with Crippen molar-refractivity contribution in [2.24, 2.45) is 0 Å². The van der Waals surface area contributed by atoms with Crippen molar-refractivity contribution in [3.05, 3.63) is 36.4 Å². The number of rotatable bonds is 9. The second kappa shape index (κ2) is 8.79. The van der Waals surface area contributed by atoms with Crippen LogP contribution in [0.25, 0.3) is 11.2 Å². The number of imidazole rings is 1. The van der Waals surface area contributed by atoms with Gasteiger partial charge in [0.1, 0.15) is 0 Å². The van der Waals surface area contributed by atoms with Crippen LogP contribution in [0.4, 0.5) is 11.8 Å². The smallest absolute Gasteiger partial charge is 0.227 e. The van der Waals surface area contributed by atoms with Crippen LogP contribution in [0, 0.1) is 0 Å². The highest BCUT2D eigenvalue weighted by molar-refractivity contribution is 5.84. The van der Waals surface area contributed by atoms with E-state index in [4.69, 9.17) is 9.97 Å². The third-order valence-electron chi connectivity index (χ3n) is 4.62. The Labute approximate surface area is 160 Å². The first-order chi connectivity index (χ1) is 13.1. The maximum atomic E-state index is 4.77. The van der Waals surface area contributed by atoms with E-state index in [1.54, 1.807) is 6.20 Å². The number of pyridine rings is 1. The molecule has 0 aliphatic carbocycles. The molecule has 0 aliphatic heterocycles. The first-order valence-corrected chi connectivity index (χ1v) is 9.76. The summed E-state index contributed by atoms with van der Waals surface area (Å²) in [5.74, 6) is 1.40. The van der Waals surface area contributed by atoms with Crippen LogP contribution in [0.1, 0.15) is 58.6 Å². The summed E-state index contributed by atoms with van der Waals surface area (Å²) in [6, 6.07) is 4.62. The van der Waals surface area contributed by atoms with Crippen LogP contribution in [-0.4, -0.2) is 30.5 Å². The number of hydrogen-bond acceptors (Lipinski definition) is 6. The summed E-state index contributed by atoms with van der Waals surface area (Å²) >= 11 is 0. The van der Waals surface area contributed by atoms with Gasteiger partial charge in [-0.2, -0.15) is 9.97 Å². The Morgan fingerprint density at radius 1 is 1.19 bits per heavy atom. The molecule has 3 aromatic heterocycles. The predicted octanol–water partition coefficient (Wildman–Crippen LogP) is 4.40. The second-order valence-electron chi connectivity index (χ2n) is 7.07. The van der Waals surface area contributed by atoms with Crippen molar-refractivity contribution in [1.82, 2.24) is 24.5 Å². The van der Waals surface area contributed by atoms with Gasteiger partial charge in [-0.25, -0.2) is 4.98 Å². The maximum absolute atomic E-state index is 4.77. The molecular formula is C20H29N7. The van der Waals surface area contributed by atoms with Gasteiger partial charge < -0.3 is 15.2 Å². The first-order valence-electron chi connectivity index (χ1n) is 9.76. The van der Waals surface area contributed by atoms with Gasteiger partial charge in [0, 0.05) is 31.0 Å². The molecule has 0 bridgehead atoms.